The number of amides is 1. The van der Waals surface area contributed by atoms with E-state index < -0.39 is 13.7 Å². The van der Waals surface area contributed by atoms with Gasteiger partial charge in [-0.05, 0) is 51.3 Å². The smallest absolute Gasteiger partial charge is 0.410 e. The Balaban J connectivity index is 1.87. The van der Waals surface area contributed by atoms with Gasteiger partial charge in [-0.25, -0.2) is 14.6 Å². The van der Waals surface area contributed by atoms with Gasteiger partial charge in [0.1, 0.15) is 17.8 Å². The molecule has 0 spiro atoms. The van der Waals surface area contributed by atoms with Crippen LogP contribution in [0.1, 0.15) is 39.7 Å². The summed E-state index contributed by atoms with van der Waals surface area (Å²) in [6.45, 7) is 14.0. The Morgan fingerprint density at radius 1 is 1.31 bits per heavy atom. The molecule has 1 atom stereocenters. The summed E-state index contributed by atoms with van der Waals surface area (Å²) in [5.74, 6) is 0. The predicted octanol–water partition coefficient (Wildman–Crippen LogP) is 4.13. The largest absolute Gasteiger partial charge is 0.444 e. The summed E-state index contributed by atoms with van der Waals surface area (Å²) in [5.41, 5.74) is 0.215. The van der Waals surface area contributed by atoms with E-state index in [0.717, 1.165) is 18.9 Å². The van der Waals surface area contributed by atoms with Crippen LogP contribution in [0.2, 0.25) is 31.0 Å². The first-order valence-corrected chi connectivity index (χ1v) is 15.1. The van der Waals surface area contributed by atoms with Gasteiger partial charge in [-0.2, -0.15) is 4.98 Å². The molecule has 0 N–H and O–H groups in total. The number of carbonyl (C=O) groups is 1. The molecule has 0 aliphatic carbocycles. The maximum atomic E-state index is 13.4. The molecular weight excluding hydrogens is 450 g/mol. The number of imidazole rings is 1. The number of piperidine rings is 1. The molecule has 0 saturated carbocycles. The molecule has 0 bridgehead atoms. The molecule has 32 heavy (non-hydrogen) atoms. The zero-order valence-corrected chi connectivity index (χ0v) is 21.6. The van der Waals surface area contributed by atoms with Gasteiger partial charge in [0, 0.05) is 27.8 Å². The Hall–Kier alpha value is -1.91. The van der Waals surface area contributed by atoms with E-state index in [-0.39, 0.29) is 29.8 Å². The number of rotatable bonds is 6. The lowest BCUT2D eigenvalue weighted by atomic mass is 10.1. The van der Waals surface area contributed by atoms with E-state index in [4.69, 9.17) is 21.1 Å². The molecule has 1 aliphatic rings. The summed E-state index contributed by atoms with van der Waals surface area (Å²) in [6.07, 6.45) is 2.69. The number of aromatic nitrogens is 4. The molecule has 1 fully saturated rings. The van der Waals surface area contributed by atoms with E-state index >= 15 is 0 Å². The van der Waals surface area contributed by atoms with Crippen molar-refractivity contribution in [2.75, 3.05) is 19.7 Å². The van der Waals surface area contributed by atoms with Crippen LogP contribution in [0.4, 0.5) is 4.79 Å². The first-order chi connectivity index (χ1) is 14.9. The van der Waals surface area contributed by atoms with Gasteiger partial charge >= 0.3 is 11.8 Å². The van der Waals surface area contributed by atoms with E-state index in [9.17, 15) is 9.59 Å². The molecule has 1 aliphatic heterocycles. The van der Waals surface area contributed by atoms with Crippen molar-refractivity contribution in [1.82, 2.24) is 24.0 Å². The van der Waals surface area contributed by atoms with Gasteiger partial charge in [0.05, 0.1) is 12.2 Å². The molecule has 3 rings (SSSR count). The summed E-state index contributed by atoms with van der Waals surface area (Å²) in [7, 11) is -1.24. The van der Waals surface area contributed by atoms with Crippen LogP contribution in [0.15, 0.2) is 11.0 Å². The van der Waals surface area contributed by atoms with Gasteiger partial charge in [0.25, 0.3) is 0 Å². The van der Waals surface area contributed by atoms with Crippen molar-refractivity contribution in [2.45, 2.75) is 77.7 Å². The Morgan fingerprint density at radius 3 is 2.69 bits per heavy atom. The number of halogens is 1. The van der Waals surface area contributed by atoms with Crippen LogP contribution >= 0.6 is 11.6 Å². The quantitative estimate of drug-likeness (QED) is 0.348. The molecule has 0 radical (unpaired) electrons. The van der Waals surface area contributed by atoms with Gasteiger partial charge < -0.3 is 14.4 Å². The third-order valence-corrected chi connectivity index (χ3v) is 7.19. The fourth-order valence-corrected chi connectivity index (χ4v) is 4.57. The molecule has 9 nitrogen and oxygen atoms in total. The van der Waals surface area contributed by atoms with Crippen molar-refractivity contribution < 1.29 is 14.3 Å². The zero-order valence-electron chi connectivity index (χ0n) is 19.9. The third kappa shape index (κ3) is 6.11. The van der Waals surface area contributed by atoms with Crippen molar-refractivity contribution >= 4 is 36.9 Å². The van der Waals surface area contributed by atoms with Crippen molar-refractivity contribution in [3.05, 3.63) is 22.0 Å². The third-order valence-electron chi connectivity index (χ3n) is 5.31. The lowest BCUT2D eigenvalue weighted by Crippen LogP contribution is -2.45. The van der Waals surface area contributed by atoms with Crippen LogP contribution in [0, 0.1) is 0 Å². The van der Waals surface area contributed by atoms with E-state index in [1.807, 2.05) is 20.8 Å². The number of hydrogen-bond donors (Lipinski definition) is 0. The van der Waals surface area contributed by atoms with Crippen LogP contribution in [0.5, 0.6) is 0 Å². The Morgan fingerprint density at radius 2 is 2.03 bits per heavy atom. The van der Waals surface area contributed by atoms with Gasteiger partial charge in [0.15, 0.2) is 5.65 Å². The number of fused-ring (bicyclic) bond motifs is 1. The molecule has 2 aromatic rings. The van der Waals surface area contributed by atoms with Gasteiger partial charge in [-0.3, -0.25) is 9.13 Å². The van der Waals surface area contributed by atoms with Crippen molar-refractivity contribution in [2.24, 2.45) is 0 Å². The number of likely N-dealkylation sites (tertiary alicyclic amines) is 1. The van der Waals surface area contributed by atoms with Crippen molar-refractivity contribution in [1.29, 1.82) is 0 Å². The Kier molecular flexibility index (Phi) is 7.36. The lowest BCUT2D eigenvalue weighted by Gasteiger charge is -2.34. The molecule has 3 heterocycles. The number of carbonyl (C=O) groups excluding carboxylic acids is 1. The van der Waals surface area contributed by atoms with Crippen LogP contribution in [0.25, 0.3) is 11.2 Å². The molecular formula is C21H34ClN5O4Si. The fourth-order valence-electron chi connectivity index (χ4n) is 3.68. The summed E-state index contributed by atoms with van der Waals surface area (Å²) >= 11 is 6.06. The topological polar surface area (TPSA) is 91.5 Å². The van der Waals surface area contributed by atoms with Crippen LogP contribution in [0.3, 0.4) is 0 Å². The lowest BCUT2D eigenvalue weighted by molar-refractivity contribution is 0.0171. The predicted molar refractivity (Wildman–Crippen MR) is 127 cm³/mol. The standard InChI is InChI=1S/C21H34ClN5O4Si/c1-21(2,3)31-20(29)25-9-7-8-15(13-25)27-17-16(12-23-18(22)24-17)26(19(27)28)14-30-10-11-32(4,5)6/h12,15H,7-11,13-14H2,1-6H3/t15-/m1/s1. The molecule has 0 unspecified atom stereocenters. The van der Waals surface area contributed by atoms with Gasteiger partial charge in [-0.1, -0.05) is 19.6 Å². The molecule has 178 valence electrons. The monoisotopic (exact) mass is 483 g/mol. The molecule has 11 heteroatoms. The average Bonchev–Trinajstić information content (AvgIpc) is 2.94. The SMILES string of the molecule is CC(C)(C)OC(=O)N1CCC[C@@H](n2c(=O)n(COCC[Si](C)(C)C)c3cnc(Cl)nc32)C1. The van der Waals surface area contributed by atoms with Crippen LogP contribution < -0.4 is 5.69 Å². The number of ether oxygens (including phenoxy) is 2. The van der Waals surface area contributed by atoms with E-state index in [0.29, 0.717) is 30.9 Å². The summed E-state index contributed by atoms with van der Waals surface area (Å²) in [5, 5.41) is 0.0721. The van der Waals surface area contributed by atoms with Gasteiger partial charge in [0.2, 0.25) is 5.28 Å². The first-order valence-electron chi connectivity index (χ1n) is 11.0. The normalized spacial score (nSPS) is 17.7. The zero-order chi connectivity index (χ0) is 23.7. The minimum Gasteiger partial charge on any atom is -0.444 e. The second kappa shape index (κ2) is 9.52. The Bertz CT molecular complexity index is 1020. The van der Waals surface area contributed by atoms with Crippen molar-refractivity contribution in [3.8, 4) is 0 Å². The number of nitrogens with zero attached hydrogens (tertiary/aromatic N) is 5. The summed E-state index contributed by atoms with van der Waals surface area (Å²) in [6, 6.07) is 0.774. The maximum Gasteiger partial charge on any atom is 0.410 e. The summed E-state index contributed by atoms with van der Waals surface area (Å²) < 4.78 is 14.5. The number of hydrogen-bond acceptors (Lipinski definition) is 6. The van der Waals surface area contributed by atoms with E-state index in [2.05, 4.69) is 29.6 Å². The Labute approximate surface area is 194 Å². The molecule has 2 aromatic heterocycles. The maximum absolute atomic E-state index is 13.4. The summed E-state index contributed by atoms with van der Waals surface area (Å²) in [4.78, 5) is 36.1. The highest BCUT2D eigenvalue weighted by Gasteiger charge is 2.31. The minimum absolute atomic E-state index is 0.0721. The minimum atomic E-state index is -1.24. The molecule has 1 amide bonds. The highest BCUT2D eigenvalue weighted by molar-refractivity contribution is 6.76. The molecule has 0 aromatic carbocycles. The second-order valence-electron chi connectivity index (χ2n) is 10.5. The van der Waals surface area contributed by atoms with E-state index in [1.54, 1.807) is 20.2 Å². The average molecular weight is 484 g/mol. The highest BCUT2D eigenvalue weighted by atomic mass is 35.5. The van der Waals surface area contributed by atoms with Crippen molar-refractivity contribution in [3.63, 3.8) is 0 Å². The highest BCUT2D eigenvalue weighted by Crippen LogP contribution is 2.26. The fraction of sp³-hybridized carbons (Fsp3) is 0.714. The van der Waals surface area contributed by atoms with Crippen LogP contribution in [-0.4, -0.2) is 63.5 Å². The van der Waals surface area contributed by atoms with Crippen LogP contribution in [-0.2, 0) is 16.2 Å². The molecule has 1 saturated heterocycles. The van der Waals surface area contributed by atoms with E-state index in [1.165, 1.54) is 0 Å². The van der Waals surface area contributed by atoms with Gasteiger partial charge in [-0.15, -0.1) is 0 Å². The first kappa shape index (κ1) is 24.7. The second-order valence-corrected chi connectivity index (χ2v) is 16.5.